The molecule has 1 saturated carbocycles. The van der Waals surface area contributed by atoms with Gasteiger partial charge in [-0.1, -0.05) is 13.8 Å². The maximum Gasteiger partial charge on any atom is 0.335 e. The van der Waals surface area contributed by atoms with Crippen LogP contribution < -0.4 is 10.1 Å². The lowest BCUT2D eigenvalue weighted by Crippen LogP contribution is -2.38. The van der Waals surface area contributed by atoms with Gasteiger partial charge in [-0.2, -0.15) is 0 Å². The Bertz CT molecular complexity index is 464. The zero-order chi connectivity index (χ0) is 14.0. The predicted octanol–water partition coefficient (Wildman–Crippen LogP) is 3.24. The first kappa shape index (κ1) is 13.7. The van der Waals surface area contributed by atoms with Crippen molar-refractivity contribution in [2.75, 3.05) is 12.4 Å². The van der Waals surface area contributed by atoms with Crippen molar-refractivity contribution in [3.8, 4) is 5.75 Å². The molecule has 1 aliphatic rings. The lowest BCUT2D eigenvalue weighted by molar-refractivity contribution is 0.0697. The molecule has 2 N–H and O–H groups in total. The number of carboxylic acids is 1. The van der Waals surface area contributed by atoms with Gasteiger partial charge in [0, 0.05) is 6.04 Å². The van der Waals surface area contributed by atoms with E-state index in [1.165, 1.54) is 0 Å². The summed E-state index contributed by atoms with van der Waals surface area (Å²) in [6, 6.07) is 5.32. The largest absolute Gasteiger partial charge is 0.495 e. The molecule has 4 heteroatoms. The molecule has 0 heterocycles. The van der Waals surface area contributed by atoms with Crippen LogP contribution in [0.1, 0.15) is 37.0 Å². The number of hydrogen-bond acceptors (Lipinski definition) is 3. The van der Waals surface area contributed by atoms with E-state index in [2.05, 4.69) is 19.2 Å². The van der Waals surface area contributed by atoms with Crippen molar-refractivity contribution in [1.82, 2.24) is 0 Å². The minimum absolute atomic E-state index is 0.281. The minimum Gasteiger partial charge on any atom is -0.495 e. The van der Waals surface area contributed by atoms with Gasteiger partial charge in [0.2, 0.25) is 0 Å². The molecule has 1 aromatic rings. The van der Waals surface area contributed by atoms with Gasteiger partial charge in [0.15, 0.2) is 0 Å². The van der Waals surface area contributed by atoms with Crippen LogP contribution in [-0.4, -0.2) is 24.2 Å². The minimum atomic E-state index is -0.917. The van der Waals surface area contributed by atoms with Crippen LogP contribution in [0, 0.1) is 11.8 Å². The van der Waals surface area contributed by atoms with Crippen molar-refractivity contribution < 1.29 is 14.6 Å². The quantitative estimate of drug-likeness (QED) is 0.856. The molecule has 0 amide bonds. The molecule has 0 aromatic heterocycles. The molecule has 4 nitrogen and oxygen atoms in total. The van der Waals surface area contributed by atoms with E-state index in [9.17, 15) is 4.79 Å². The zero-order valence-corrected chi connectivity index (χ0v) is 11.6. The Labute approximate surface area is 113 Å². The molecule has 0 aliphatic heterocycles. The molecule has 1 fully saturated rings. The Kier molecular flexibility index (Phi) is 3.98. The molecule has 1 aromatic carbocycles. The van der Waals surface area contributed by atoms with Gasteiger partial charge in [-0.15, -0.1) is 0 Å². The monoisotopic (exact) mass is 263 g/mol. The van der Waals surface area contributed by atoms with Crippen molar-refractivity contribution >= 4 is 11.7 Å². The Balaban J connectivity index is 2.07. The third-order valence-electron chi connectivity index (χ3n) is 3.92. The zero-order valence-electron chi connectivity index (χ0n) is 11.6. The maximum absolute atomic E-state index is 11.0. The SMILES string of the molecule is COc1ccc(C(=O)O)cc1NC1CC(C(C)C)C1. The molecule has 0 unspecified atom stereocenters. The summed E-state index contributed by atoms with van der Waals surface area (Å²) < 4.78 is 5.27. The van der Waals surface area contributed by atoms with Crippen molar-refractivity contribution in [1.29, 1.82) is 0 Å². The molecule has 0 bridgehead atoms. The van der Waals surface area contributed by atoms with Crippen molar-refractivity contribution in [2.24, 2.45) is 11.8 Å². The van der Waals surface area contributed by atoms with E-state index in [0.29, 0.717) is 17.7 Å². The normalized spacial score (nSPS) is 21.9. The van der Waals surface area contributed by atoms with Crippen molar-refractivity contribution in [3.63, 3.8) is 0 Å². The first-order valence-corrected chi connectivity index (χ1v) is 6.69. The number of carbonyl (C=O) groups is 1. The van der Waals surface area contributed by atoms with Gasteiger partial charge in [-0.25, -0.2) is 4.79 Å². The standard InChI is InChI=1S/C15H21NO3/c1-9(2)11-6-12(7-11)16-13-8-10(15(17)18)4-5-14(13)19-3/h4-5,8-9,11-12,16H,6-7H2,1-3H3,(H,17,18). The molecule has 1 aliphatic carbocycles. The number of anilines is 1. The number of hydrogen-bond donors (Lipinski definition) is 2. The average Bonchev–Trinajstić information content (AvgIpc) is 2.32. The van der Waals surface area contributed by atoms with Crippen LogP contribution >= 0.6 is 0 Å². The number of aromatic carboxylic acids is 1. The number of methoxy groups -OCH3 is 1. The van der Waals surface area contributed by atoms with E-state index in [1.807, 2.05) is 0 Å². The molecule has 0 radical (unpaired) electrons. The number of ether oxygens (including phenoxy) is 1. The highest BCUT2D eigenvalue weighted by Crippen LogP contribution is 2.37. The highest BCUT2D eigenvalue weighted by molar-refractivity contribution is 5.89. The summed E-state index contributed by atoms with van der Waals surface area (Å²) in [5, 5.41) is 12.4. The molecule has 0 spiro atoms. The Hall–Kier alpha value is -1.71. The van der Waals surface area contributed by atoms with Crippen LogP contribution in [0.2, 0.25) is 0 Å². The smallest absolute Gasteiger partial charge is 0.335 e. The van der Waals surface area contributed by atoms with Gasteiger partial charge in [0.25, 0.3) is 0 Å². The summed E-state index contributed by atoms with van der Waals surface area (Å²) in [6.45, 7) is 4.49. The highest BCUT2D eigenvalue weighted by atomic mass is 16.5. The fourth-order valence-electron chi connectivity index (χ4n) is 2.50. The Morgan fingerprint density at radius 3 is 2.63 bits per heavy atom. The van der Waals surface area contributed by atoms with E-state index in [-0.39, 0.29) is 5.56 Å². The van der Waals surface area contributed by atoms with E-state index in [0.717, 1.165) is 24.4 Å². The molecule has 2 rings (SSSR count). The lowest BCUT2D eigenvalue weighted by Gasteiger charge is -2.39. The molecule has 0 saturated heterocycles. The van der Waals surface area contributed by atoms with E-state index < -0.39 is 5.97 Å². The van der Waals surface area contributed by atoms with Gasteiger partial charge in [-0.05, 0) is 42.9 Å². The van der Waals surface area contributed by atoms with E-state index in [1.54, 1.807) is 25.3 Å². The second kappa shape index (κ2) is 5.51. The maximum atomic E-state index is 11.0. The Morgan fingerprint density at radius 2 is 2.11 bits per heavy atom. The summed E-state index contributed by atoms with van der Waals surface area (Å²) in [5.74, 6) is 1.26. The summed E-state index contributed by atoms with van der Waals surface area (Å²) in [6.07, 6.45) is 2.27. The lowest BCUT2D eigenvalue weighted by atomic mass is 9.73. The second-order valence-electron chi connectivity index (χ2n) is 5.54. The van der Waals surface area contributed by atoms with E-state index in [4.69, 9.17) is 9.84 Å². The first-order valence-electron chi connectivity index (χ1n) is 6.69. The van der Waals surface area contributed by atoms with Gasteiger partial charge in [0.05, 0.1) is 18.4 Å². The second-order valence-corrected chi connectivity index (χ2v) is 5.54. The molecule has 0 atom stereocenters. The number of benzene rings is 1. The summed E-state index contributed by atoms with van der Waals surface area (Å²) in [7, 11) is 1.60. The molecular weight excluding hydrogens is 242 g/mol. The van der Waals surface area contributed by atoms with Gasteiger partial charge >= 0.3 is 5.97 Å². The predicted molar refractivity (Wildman–Crippen MR) is 74.9 cm³/mol. The van der Waals surface area contributed by atoms with Crippen LogP contribution in [0.25, 0.3) is 0 Å². The van der Waals surface area contributed by atoms with E-state index >= 15 is 0 Å². The van der Waals surface area contributed by atoms with Crippen molar-refractivity contribution in [3.05, 3.63) is 23.8 Å². The van der Waals surface area contributed by atoms with Crippen LogP contribution in [-0.2, 0) is 0 Å². The summed E-state index contributed by atoms with van der Waals surface area (Å²) >= 11 is 0. The Morgan fingerprint density at radius 1 is 1.42 bits per heavy atom. The average molecular weight is 263 g/mol. The van der Waals surface area contributed by atoms with Gasteiger partial charge in [0.1, 0.15) is 5.75 Å². The topological polar surface area (TPSA) is 58.6 Å². The van der Waals surface area contributed by atoms with Gasteiger partial charge < -0.3 is 15.2 Å². The van der Waals surface area contributed by atoms with Gasteiger partial charge in [-0.3, -0.25) is 0 Å². The number of nitrogens with one attached hydrogen (secondary N) is 1. The highest BCUT2D eigenvalue weighted by Gasteiger charge is 2.31. The van der Waals surface area contributed by atoms with Crippen LogP contribution in [0.3, 0.4) is 0 Å². The molecule has 104 valence electrons. The third-order valence-corrected chi connectivity index (χ3v) is 3.92. The van der Waals surface area contributed by atoms with Crippen LogP contribution in [0.15, 0.2) is 18.2 Å². The third kappa shape index (κ3) is 3.00. The molecule has 19 heavy (non-hydrogen) atoms. The van der Waals surface area contributed by atoms with Crippen molar-refractivity contribution in [2.45, 2.75) is 32.7 Å². The number of carboxylic acid groups (broad SMARTS) is 1. The van der Waals surface area contributed by atoms with Crippen LogP contribution in [0.4, 0.5) is 5.69 Å². The van der Waals surface area contributed by atoms with Crippen LogP contribution in [0.5, 0.6) is 5.75 Å². The summed E-state index contributed by atoms with van der Waals surface area (Å²) in [5.41, 5.74) is 1.05. The fourth-order valence-corrected chi connectivity index (χ4v) is 2.50. The molecular formula is C15H21NO3. The fraction of sp³-hybridized carbons (Fsp3) is 0.533. The number of rotatable bonds is 5. The first-order chi connectivity index (χ1) is 9.01. The summed E-state index contributed by atoms with van der Waals surface area (Å²) in [4.78, 5) is 11.0.